The summed E-state index contributed by atoms with van der Waals surface area (Å²) in [5, 5.41) is 9.21. The van der Waals surface area contributed by atoms with Crippen molar-refractivity contribution in [2.45, 2.75) is 32.2 Å². The number of aliphatic carboxylic acids is 1. The number of carbonyl (C=O) groups excluding carboxylic acids is 1. The van der Waals surface area contributed by atoms with Gasteiger partial charge >= 0.3 is 11.9 Å². The minimum atomic E-state index is -0.732. The van der Waals surface area contributed by atoms with Crippen molar-refractivity contribution in [3.8, 4) is 0 Å². The maximum absolute atomic E-state index is 11.2. The summed E-state index contributed by atoms with van der Waals surface area (Å²) >= 11 is 0. The number of piperazine rings is 1. The second-order valence-electron chi connectivity index (χ2n) is 4.85. The molecule has 6 nitrogen and oxygen atoms in total. The zero-order chi connectivity index (χ0) is 14.3. The third kappa shape index (κ3) is 5.16. The van der Waals surface area contributed by atoms with Gasteiger partial charge in [0, 0.05) is 32.7 Å². The van der Waals surface area contributed by atoms with E-state index in [0.717, 1.165) is 32.6 Å². The van der Waals surface area contributed by atoms with Crippen molar-refractivity contribution < 1.29 is 19.4 Å². The van der Waals surface area contributed by atoms with Crippen LogP contribution in [0.2, 0.25) is 0 Å². The molecule has 6 heteroatoms. The van der Waals surface area contributed by atoms with E-state index in [9.17, 15) is 14.7 Å². The number of carboxylic acid groups (broad SMARTS) is 1. The van der Waals surface area contributed by atoms with E-state index < -0.39 is 5.97 Å². The first-order valence-electron chi connectivity index (χ1n) is 6.84. The van der Waals surface area contributed by atoms with Gasteiger partial charge in [0.15, 0.2) is 0 Å². The van der Waals surface area contributed by atoms with E-state index in [1.807, 2.05) is 11.8 Å². The molecule has 1 unspecified atom stereocenters. The van der Waals surface area contributed by atoms with Crippen molar-refractivity contribution >= 4 is 11.9 Å². The van der Waals surface area contributed by atoms with Crippen LogP contribution in [0, 0.1) is 0 Å². The first-order valence-corrected chi connectivity index (χ1v) is 6.84. The maximum Gasteiger partial charge on any atom is 0.320 e. The van der Waals surface area contributed by atoms with Gasteiger partial charge in [-0.3, -0.25) is 14.5 Å². The molecule has 1 heterocycles. The van der Waals surface area contributed by atoms with Gasteiger partial charge in [-0.25, -0.2) is 0 Å². The Labute approximate surface area is 114 Å². The van der Waals surface area contributed by atoms with E-state index >= 15 is 0 Å². The van der Waals surface area contributed by atoms with E-state index in [1.165, 1.54) is 7.11 Å². The summed E-state index contributed by atoms with van der Waals surface area (Å²) in [6, 6.07) is -0.368. The van der Waals surface area contributed by atoms with Gasteiger partial charge in [-0.2, -0.15) is 0 Å². The minimum absolute atomic E-state index is 0.197. The number of carbonyl (C=O) groups is 2. The smallest absolute Gasteiger partial charge is 0.320 e. The predicted octanol–water partition coefficient (Wildman–Crippen LogP) is 0.420. The Balaban J connectivity index is 2.34. The topological polar surface area (TPSA) is 70.1 Å². The standard InChI is InChI=1S/C13H24N2O4/c1-3-4-11(13(17)18)15-9-7-14(8-10-15)6-5-12(16)19-2/h11H,3-10H2,1-2H3,(H,17,18). The summed E-state index contributed by atoms with van der Waals surface area (Å²) < 4.78 is 4.61. The molecule has 0 aromatic heterocycles. The minimum Gasteiger partial charge on any atom is -0.480 e. The van der Waals surface area contributed by atoms with E-state index in [4.69, 9.17) is 0 Å². The number of ether oxygens (including phenoxy) is 1. The number of nitrogens with zero attached hydrogens (tertiary/aromatic N) is 2. The molecule has 0 aliphatic carbocycles. The summed E-state index contributed by atoms with van der Waals surface area (Å²) in [5.74, 6) is -0.929. The van der Waals surface area contributed by atoms with Crippen LogP contribution < -0.4 is 0 Å². The van der Waals surface area contributed by atoms with E-state index in [1.54, 1.807) is 0 Å². The number of methoxy groups -OCH3 is 1. The molecule has 1 aliphatic rings. The summed E-state index contributed by atoms with van der Waals surface area (Å²) in [6.45, 7) is 5.81. The first kappa shape index (κ1) is 15.9. The summed E-state index contributed by atoms with van der Waals surface area (Å²) in [6.07, 6.45) is 1.96. The Kier molecular flexibility index (Phi) is 6.80. The number of carboxylic acids is 1. The average Bonchev–Trinajstić information content (AvgIpc) is 2.42. The molecule has 0 spiro atoms. The highest BCUT2D eigenvalue weighted by Crippen LogP contribution is 2.11. The highest BCUT2D eigenvalue weighted by molar-refractivity contribution is 5.73. The summed E-state index contributed by atoms with van der Waals surface area (Å²) in [4.78, 5) is 26.5. The summed E-state index contributed by atoms with van der Waals surface area (Å²) in [7, 11) is 1.39. The number of esters is 1. The molecule has 1 N–H and O–H groups in total. The van der Waals surface area contributed by atoms with Crippen molar-refractivity contribution in [1.82, 2.24) is 9.80 Å². The zero-order valence-electron chi connectivity index (χ0n) is 11.8. The molecule has 0 amide bonds. The second-order valence-corrected chi connectivity index (χ2v) is 4.85. The lowest BCUT2D eigenvalue weighted by Gasteiger charge is -2.37. The molecule has 0 bridgehead atoms. The van der Waals surface area contributed by atoms with E-state index in [-0.39, 0.29) is 12.0 Å². The Morgan fingerprint density at radius 1 is 1.26 bits per heavy atom. The highest BCUT2D eigenvalue weighted by Gasteiger charge is 2.27. The van der Waals surface area contributed by atoms with Gasteiger partial charge in [0.05, 0.1) is 13.5 Å². The Morgan fingerprint density at radius 2 is 1.89 bits per heavy atom. The molecule has 0 saturated carbocycles. The zero-order valence-corrected chi connectivity index (χ0v) is 11.8. The maximum atomic E-state index is 11.2. The van der Waals surface area contributed by atoms with Crippen molar-refractivity contribution in [2.24, 2.45) is 0 Å². The van der Waals surface area contributed by atoms with Crippen LogP contribution in [0.1, 0.15) is 26.2 Å². The van der Waals surface area contributed by atoms with Crippen LogP contribution in [0.3, 0.4) is 0 Å². The molecule has 1 rings (SSSR count). The van der Waals surface area contributed by atoms with E-state index in [0.29, 0.717) is 19.4 Å². The third-order valence-electron chi connectivity index (χ3n) is 3.55. The SMILES string of the molecule is CCCC(C(=O)O)N1CCN(CCC(=O)OC)CC1. The van der Waals surface area contributed by atoms with Gasteiger partial charge < -0.3 is 14.7 Å². The number of hydrogen-bond donors (Lipinski definition) is 1. The van der Waals surface area contributed by atoms with Crippen LogP contribution in [0.25, 0.3) is 0 Å². The van der Waals surface area contributed by atoms with E-state index in [2.05, 4.69) is 9.64 Å². The molecule has 0 aromatic carbocycles. The van der Waals surface area contributed by atoms with Gasteiger partial charge in [-0.05, 0) is 6.42 Å². The molecule has 0 radical (unpaired) electrons. The van der Waals surface area contributed by atoms with Crippen molar-refractivity contribution in [3.05, 3.63) is 0 Å². The normalized spacial score (nSPS) is 19.1. The van der Waals surface area contributed by atoms with Gasteiger partial charge in [0.2, 0.25) is 0 Å². The van der Waals surface area contributed by atoms with Crippen LogP contribution in [0.4, 0.5) is 0 Å². The van der Waals surface area contributed by atoms with Crippen LogP contribution in [-0.2, 0) is 14.3 Å². The molecule has 1 fully saturated rings. The fourth-order valence-electron chi connectivity index (χ4n) is 2.39. The Bertz CT molecular complexity index is 301. The van der Waals surface area contributed by atoms with Gasteiger partial charge in [-0.1, -0.05) is 13.3 Å². The van der Waals surface area contributed by atoms with Crippen molar-refractivity contribution in [2.75, 3.05) is 39.8 Å². The van der Waals surface area contributed by atoms with Crippen molar-refractivity contribution in [1.29, 1.82) is 0 Å². The molecule has 110 valence electrons. The Morgan fingerprint density at radius 3 is 2.37 bits per heavy atom. The van der Waals surface area contributed by atoms with Gasteiger partial charge in [0.1, 0.15) is 6.04 Å². The van der Waals surface area contributed by atoms with Crippen LogP contribution >= 0.6 is 0 Å². The predicted molar refractivity (Wildman–Crippen MR) is 71.0 cm³/mol. The molecular weight excluding hydrogens is 248 g/mol. The quantitative estimate of drug-likeness (QED) is 0.677. The van der Waals surface area contributed by atoms with Crippen LogP contribution in [0.5, 0.6) is 0 Å². The lowest BCUT2D eigenvalue weighted by Crippen LogP contribution is -2.52. The molecule has 19 heavy (non-hydrogen) atoms. The molecule has 1 aliphatic heterocycles. The number of hydrogen-bond acceptors (Lipinski definition) is 5. The largest absolute Gasteiger partial charge is 0.480 e. The molecule has 1 saturated heterocycles. The number of rotatable bonds is 7. The molecular formula is C13H24N2O4. The lowest BCUT2D eigenvalue weighted by molar-refractivity contribution is -0.144. The first-order chi connectivity index (χ1) is 9.08. The Hall–Kier alpha value is -1.14. The average molecular weight is 272 g/mol. The lowest BCUT2D eigenvalue weighted by atomic mass is 10.1. The van der Waals surface area contributed by atoms with Crippen LogP contribution in [-0.4, -0.2) is 72.7 Å². The van der Waals surface area contributed by atoms with Gasteiger partial charge in [-0.15, -0.1) is 0 Å². The fraction of sp³-hybridized carbons (Fsp3) is 0.846. The molecule has 1 atom stereocenters. The fourth-order valence-corrected chi connectivity index (χ4v) is 2.39. The highest BCUT2D eigenvalue weighted by atomic mass is 16.5. The summed E-state index contributed by atoms with van der Waals surface area (Å²) in [5.41, 5.74) is 0. The monoisotopic (exact) mass is 272 g/mol. The van der Waals surface area contributed by atoms with Crippen LogP contribution in [0.15, 0.2) is 0 Å². The third-order valence-corrected chi connectivity index (χ3v) is 3.55. The van der Waals surface area contributed by atoms with Crippen molar-refractivity contribution in [3.63, 3.8) is 0 Å². The van der Waals surface area contributed by atoms with Gasteiger partial charge in [0.25, 0.3) is 0 Å². The molecule has 0 aromatic rings. The second kappa shape index (κ2) is 8.12.